The summed E-state index contributed by atoms with van der Waals surface area (Å²) < 4.78 is 0. The van der Waals surface area contributed by atoms with Gasteiger partial charge in [-0.1, -0.05) is 0 Å². The Morgan fingerprint density at radius 1 is 1.47 bits per heavy atom. The van der Waals surface area contributed by atoms with Crippen LogP contribution < -0.4 is 5.32 Å². The molecule has 1 N–H and O–H groups in total. The Bertz CT molecular complexity index is 510. The molecule has 5 nitrogen and oxygen atoms in total. The number of hydrogen-bond donors (Lipinski definition) is 1. The van der Waals surface area contributed by atoms with E-state index in [-0.39, 0.29) is 11.8 Å². The second-order valence-electron chi connectivity index (χ2n) is 5.40. The van der Waals surface area contributed by atoms with Crippen LogP contribution >= 0.6 is 11.3 Å². The van der Waals surface area contributed by atoms with Crippen LogP contribution in [0.3, 0.4) is 0 Å². The van der Waals surface area contributed by atoms with Crippen molar-refractivity contribution in [2.24, 2.45) is 0 Å². The van der Waals surface area contributed by atoms with Crippen molar-refractivity contribution in [1.82, 2.24) is 15.2 Å². The molecule has 0 spiro atoms. The first-order valence-electron chi connectivity index (χ1n) is 6.35. The van der Waals surface area contributed by atoms with Gasteiger partial charge in [-0.15, -0.1) is 11.3 Å². The van der Waals surface area contributed by atoms with E-state index in [2.05, 4.69) is 10.3 Å². The van der Waals surface area contributed by atoms with E-state index in [0.717, 1.165) is 10.7 Å². The second-order valence-corrected chi connectivity index (χ2v) is 6.46. The van der Waals surface area contributed by atoms with Crippen molar-refractivity contribution >= 4 is 23.2 Å². The van der Waals surface area contributed by atoms with E-state index in [1.807, 2.05) is 12.3 Å². The lowest BCUT2D eigenvalue weighted by Gasteiger charge is -2.41. The fourth-order valence-corrected chi connectivity index (χ4v) is 2.84. The number of hydrogen-bond acceptors (Lipinski definition) is 4. The highest BCUT2D eigenvalue weighted by molar-refractivity contribution is 7.09. The van der Waals surface area contributed by atoms with Crippen LogP contribution in [0.25, 0.3) is 0 Å². The second kappa shape index (κ2) is 4.92. The lowest BCUT2D eigenvalue weighted by molar-refractivity contribution is -0.152. The van der Waals surface area contributed by atoms with Crippen molar-refractivity contribution in [3.8, 4) is 0 Å². The van der Waals surface area contributed by atoms with Gasteiger partial charge in [0.15, 0.2) is 0 Å². The molecular weight excluding hydrogens is 262 g/mol. The first kappa shape index (κ1) is 14.0. The van der Waals surface area contributed by atoms with Gasteiger partial charge in [-0.2, -0.15) is 0 Å². The van der Waals surface area contributed by atoms with E-state index >= 15 is 0 Å². The summed E-state index contributed by atoms with van der Waals surface area (Å²) in [7, 11) is 0. The molecular formula is C13H19N3O2S. The van der Waals surface area contributed by atoms with Crippen LogP contribution in [0.4, 0.5) is 0 Å². The number of thiazole rings is 1. The van der Waals surface area contributed by atoms with Gasteiger partial charge in [0.1, 0.15) is 11.6 Å². The maximum absolute atomic E-state index is 12.3. The van der Waals surface area contributed by atoms with Gasteiger partial charge >= 0.3 is 0 Å². The minimum Gasteiger partial charge on any atom is -0.340 e. The molecule has 6 heteroatoms. The third-order valence-corrected chi connectivity index (χ3v) is 4.18. The number of nitrogens with zero attached hydrogens (tertiary/aromatic N) is 2. The summed E-state index contributed by atoms with van der Waals surface area (Å²) >= 11 is 1.60. The zero-order chi connectivity index (χ0) is 14.2. The molecule has 0 radical (unpaired) electrons. The zero-order valence-electron chi connectivity index (χ0n) is 11.7. The van der Waals surface area contributed by atoms with Crippen molar-refractivity contribution in [2.45, 2.75) is 45.7 Å². The van der Waals surface area contributed by atoms with Crippen molar-refractivity contribution in [1.29, 1.82) is 0 Å². The molecule has 1 aromatic rings. The third-order valence-electron chi connectivity index (χ3n) is 3.35. The Labute approximate surface area is 117 Å². The Hall–Kier alpha value is -1.43. The monoisotopic (exact) mass is 281 g/mol. The van der Waals surface area contributed by atoms with Crippen LogP contribution in [0.5, 0.6) is 0 Å². The van der Waals surface area contributed by atoms with Crippen LogP contribution in [0.2, 0.25) is 0 Å². The topological polar surface area (TPSA) is 62.3 Å². The van der Waals surface area contributed by atoms with Gasteiger partial charge in [-0.3, -0.25) is 9.59 Å². The van der Waals surface area contributed by atoms with Gasteiger partial charge in [0.2, 0.25) is 11.8 Å². The number of piperazine rings is 1. The summed E-state index contributed by atoms with van der Waals surface area (Å²) in [5, 5.41) is 5.76. The van der Waals surface area contributed by atoms with Crippen molar-refractivity contribution < 1.29 is 9.59 Å². The fourth-order valence-electron chi connectivity index (χ4n) is 2.20. The van der Waals surface area contributed by atoms with Crippen LogP contribution in [0.15, 0.2) is 5.38 Å². The summed E-state index contributed by atoms with van der Waals surface area (Å²) in [6.07, 6.45) is 0.684. The first-order chi connectivity index (χ1) is 8.81. The van der Waals surface area contributed by atoms with E-state index in [1.54, 1.807) is 37.0 Å². The van der Waals surface area contributed by atoms with E-state index in [9.17, 15) is 9.59 Å². The summed E-state index contributed by atoms with van der Waals surface area (Å²) in [5.41, 5.74) is 0.160. The van der Waals surface area contributed by atoms with E-state index < -0.39 is 11.6 Å². The highest BCUT2D eigenvalue weighted by Crippen LogP contribution is 2.18. The summed E-state index contributed by atoms with van der Waals surface area (Å²) in [6, 6.07) is -0.416. The molecule has 2 amide bonds. The van der Waals surface area contributed by atoms with E-state index in [1.165, 1.54) is 0 Å². The number of carbonyl (C=O) groups is 2. The van der Waals surface area contributed by atoms with Crippen LogP contribution in [0.1, 0.15) is 31.5 Å². The summed E-state index contributed by atoms with van der Waals surface area (Å²) in [4.78, 5) is 30.2. The maximum Gasteiger partial charge on any atom is 0.248 e. The molecule has 2 rings (SSSR count). The quantitative estimate of drug-likeness (QED) is 0.903. The van der Waals surface area contributed by atoms with E-state index in [0.29, 0.717) is 13.0 Å². The average Bonchev–Trinajstić information content (AvgIpc) is 2.72. The highest BCUT2D eigenvalue weighted by atomic mass is 32.1. The number of nitrogens with one attached hydrogen (secondary N) is 1. The van der Waals surface area contributed by atoms with Crippen molar-refractivity contribution in [2.75, 3.05) is 6.54 Å². The van der Waals surface area contributed by atoms with Gasteiger partial charge in [0.05, 0.1) is 10.7 Å². The van der Waals surface area contributed by atoms with Gasteiger partial charge in [0, 0.05) is 18.3 Å². The maximum atomic E-state index is 12.3. The minimum atomic E-state index is -0.818. The molecule has 2 heterocycles. The molecule has 1 atom stereocenters. The molecule has 1 fully saturated rings. The Morgan fingerprint density at radius 2 is 2.16 bits per heavy atom. The minimum absolute atomic E-state index is 0.0356. The predicted molar refractivity (Wildman–Crippen MR) is 74.0 cm³/mol. The largest absolute Gasteiger partial charge is 0.340 e. The number of rotatable bonds is 3. The lowest BCUT2D eigenvalue weighted by Crippen LogP contribution is -2.67. The Balaban J connectivity index is 2.08. The standard InChI is InChI=1S/C13H19N3O2S/c1-8-11(17)15-13(3,4)12(18)16(8)6-5-10-7-19-9(2)14-10/h7-8H,5-6H2,1-4H3,(H,15,17). The fraction of sp³-hybridized carbons (Fsp3) is 0.615. The number of amides is 2. The molecule has 1 aliphatic heterocycles. The van der Waals surface area contributed by atoms with Gasteiger partial charge < -0.3 is 10.2 Å². The van der Waals surface area contributed by atoms with Crippen LogP contribution in [-0.4, -0.2) is 39.8 Å². The molecule has 1 aliphatic rings. The van der Waals surface area contributed by atoms with Gasteiger partial charge in [-0.05, 0) is 27.7 Å². The lowest BCUT2D eigenvalue weighted by atomic mass is 9.97. The van der Waals surface area contributed by atoms with Gasteiger partial charge in [-0.25, -0.2) is 4.98 Å². The molecule has 0 aromatic carbocycles. The summed E-state index contributed by atoms with van der Waals surface area (Å²) in [5.74, 6) is -0.134. The van der Waals surface area contributed by atoms with Gasteiger partial charge in [0.25, 0.3) is 0 Å². The molecule has 1 saturated heterocycles. The SMILES string of the molecule is Cc1nc(CCN2C(=O)C(C)(C)NC(=O)C2C)cs1. The first-order valence-corrected chi connectivity index (χ1v) is 7.23. The molecule has 104 valence electrons. The summed E-state index contributed by atoms with van der Waals surface area (Å²) in [6.45, 7) is 7.71. The molecule has 0 bridgehead atoms. The zero-order valence-corrected chi connectivity index (χ0v) is 12.5. The Morgan fingerprint density at radius 3 is 2.74 bits per heavy atom. The van der Waals surface area contributed by atoms with Crippen molar-refractivity contribution in [3.63, 3.8) is 0 Å². The van der Waals surface area contributed by atoms with Crippen LogP contribution in [0, 0.1) is 6.92 Å². The molecule has 0 saturated carbocycles. The highest BCUT2D eigenvalue weighted by Gasteiger charge is 2.42. The predicted octanol–water partition coefficient (Wildman–Crippen LogP) is 1.12. The number of carbonyl (C=O) groups excluding carboxylic acids is 2. The molecule has 1 unspecified atom stereocenters. The molecule has 0 aliphatic carbocycles. The third kappa shape index (κ3) is 2.78. The number of aromatic nitrogens is 1. The number of aryl methyl sites for hydroxylation is 1. The van der Waals surface area contributed by atoms with E-state index in [4.69, 9.17) is 0 Å². The molecule has 1 aromatic heterocycles. The smallest absolute Gasteiger partial charge is 0.248 e. The average molecular weight is 281 g/mol. The van der Waals surface area contributed by atoms with Crippen LogP contribution in [-0.2, 0) is 16.0 Å². The molecule has 19 heavy (non-hydrogen) atoms. The van der Waals surface area contributed by atoms with Crippen molar-refractivity contribution in [3.05, 3.63) is 16.1 Å². The normalized spacial score (nSPS) is 22.5. The Kier molecular flexibility index (Phi) is 3.62.